The number of hydrogen-bond acceptors (Lipinski definition) is 3. The van der Waals surface area contributed by atoms with Gasteiger partial charge in [-0.1, -0.05) is 12.1 Å². The van der Waals surface area contributed by atoms with Crippen LogP contribution in [-0.2, 0) is 6.54 Å². The van der Waals surface area contributed by atoms with Gasteiger partial charge in [0.2, 0.25) is 5.95 Å². The van der Waals surface area contributed by atoms with E-state index in [1.54, 1.807) is 11.3 Å². The van der Waals surface area contributed by atoms with Crippen LogP contribution >= 0.6 is 11.3 Å². The molecule has 16 heavy (non-hydrogen) atoms. The quantitative estimate of drug-likeness (QED) is 0.830. The summed E-state index contributed by atoms with van der Waals surface area (Å²) in [4.78, 5) is 16.1. The molecule has 3 nitrogen and oxygen atoms in total. The fraction of sp³-hybridized carbons (Fsp3) is 0.0909. The van der Waals surface area contributed by atoms with Gasteiger partial charge < -0.3 is 5.32 Å². The molecule has 0 radical (unpaired) electrons. The van der Waals surface area contributed by atoms with Gasteiger partial charge in [0.05, 0.1) is 6.54 Å². The fourth-order valence-electron chi connectivity index (χ4n) is 1.21. The summed E-state index contributed by atoms with van der Waals surface area (Å²) in [6, 6.07) is 7.97. The van der Waals surface area contributed by atoms with Crippen LogP contribution in [0.25, 0.3) is 0 Å². The van der Waals surface area contributed by atoms with E-state index in [9.17, 15) is 9.18 Å². The fourth-order valence-corrected chi connectivity index (χ4v) is 1.85. The van der Waals surface area contributed by atoms with E-state index in [-0.39, 0.29) is 11.6 Å². The molecule has 2 aromatic heterocycles. The Kier molecular flexibility index (Phi) is 3.26. The summed E-state index contributed by atoms with van der Waals surface area (Å²) in [6.45, 7) is 0.439. The highest BCUT2D eigenvalue weighted by Gasteiger charge is 2.07. The smallest absolute Gasteiger partial charge is 0.270 e. The zero-order valence-electron chi connectivity index (χ0n) is 8.31. The minimum absolute atomic E-state index is 0.0940. The Morgan fingerprint density at radius 2 is 2.25 bits per heavy atom. The molecule has 0 fully saturated rings. The Labute approximate surface area is 96.0 Å². The molecule has 1 N–H and O–H groups in total. The predicted molar refractivity (Wildman–Crippen MR) is 59.7 cm³/mol. The maximum atomic E-state index is 12.8. The van der Waals surface area contributed by atoms with Gasteiger partial charge in [-0.2, -0.15) is 4.39 Å². The number of hydrogen-bond donors (Lipinski definition) is 1. The molecular formula is C11H9FN2OS. The topological polar surface area (TPSA) is 42.0 Å². The van der Waals surface area contributed by atoms with Crippen LogP contribution in [0.15, 0.2) is 35.7 Å². The number of carbonyl (C=O) groups is 1. The van der Waals surface area contributed by atoms with Gasteiger partial charge in [-0.05, 0) is 23.6 Å². The van der Waals surface area contributed by atoms with Crippen molar-refractivity contribution in [3.63, 3.8) is 0 Å². The number of pyridine rings is 1. The average Bonchev–Trinajstić information content (AvgIpc) is 2.78. The predicted octanol–water partition coefficient (Wildman–Crippen LogP) is 2.21. The third-order valence-electron chi connectivity index (χ3n) is 1.95. The molecule has 2 rings (SSSR count). The Bertz CT molecular complexity index is 484. The Hall–Kier alpha value is -1.75. The van der Waals surface area contributed by atoms with Gasteiger partial charge in [0, 0.05) is 4.88 Å². The summed E-state index contributed by atoms with van der Waals surface area (Å²) in [5.41, 5.74) is 0.0940. The van der Waals surface area contributed by atoms with Crippen molar-refractivity contribution in [2.75, 3.05) is 0 Å². The number of amides is 1. The van der Waals surface area contributed by atoms with Crippen LogP contribution in [0.4, 0.5) is 4.39 Å². The van der Waals surface area contributed by atoms with Gasteiger partial charge in [-0.15, -0.1) is 11.3 Å². The normalized spacial score (nSPS) is 10.1. The molecule has 0 spiro atoms. The first-order valence-electron chi connectivity index (χ1n) is 4.69. The first-order chi connectivity index (χ1) is 7.75. The van der Waals surface area contributed by atoms with Crippen molar-refractivity contribution in [2.45, 2.75) is 6.54 Å². The molecule has 0 bridgehead atoms. The van der Waals surface area contributed by atoms with Crippen LogP contribution in [0, 0.1) is 5.95 Å². The van der Waals surface area contributed by atoms with Crippen LogP contribution in [0.1, 0.15) is 15.4 Å². The highest BCUT2D eigenvalue weighted by atomic mass is 32.1. The monoisotopic (exact) mass is 236 g/mol. The van der Waals surface area contributed by atoms with Gasteiger partial charge >= 0.3 is 0 Å². The highest BCUT2D eigenvalue weighted by Crippen LogP contribution is 2.07. The summed E-state index contributed by atoms with van der Waals surface area (Å²) < 4.78 is 12.8. The van der Waals surface area contributed by atoms with Crippen LogP contribution in [0.3, 0.4) is 0 Å². The zero-order chi connectivity index (χ0) is 11.4. The molecule has 82 valence electrons. The number of nitrogens with zero attached hydrogens (tertiary/aromatic N) is 1. The van der Waals surface area contributed by atoms with Crippen molar-refractivity contribution in [1.82, 2.24) is 10.3 Å². The Morgan fingerprint density at radius 1 is 1.38 bits per heavy atom. The van der Waals surface area contributed by atoms with Crippen LogP contribution < -0.4 is 5.32 Å². The van der Waals surface area contributed by atoms with Gasteiger partial charge in [0.15, 0.2) is 0 Å². The molecule has 0 aliphatic carbocycles. The lowest BCUT2D eigenvalue weighted by Crippen LogP contribution is -2.23. The second kappa shape index (κ2) is 4.85. The molecular weight excluding hydrogens is 227 g/mol. The number of thiophene rings is 1. The van der Waals surface area contributed by atoms with E-state index in [1.807, 2.05) is 17.5 Å². The summed E-state index contributed by atoms with van der Waals surface area (Å²) >= 11 is 1.55. The minimum Gasteiger partial charge on any atom is -0.346 e. The second-order valence-electron chi connectivity index (χ2n) is 3.11. The first kappa shape index (κ1) is 10.8. The number of halogens is 1. The molecule has 0 saturated heterocycles. The molecule has 5 heteroatoms. The summed E-state index contributed by atoms with van der Waals surface area (Å²) in [5, 5.41) is 4.60. The molecule has 0 unspecified atom stereocenters. The van der Waals surface area contributed by atoms with Crippen molar-refractivity contribution in [3.05, 3.63) is 52.2 Å². The van der Waals surface area contributed by atoms with Crippen molar-refractivity contribution in [3.8, 4) is 0 Å². The van der Waals surface area contributed by atoms with Gasteiger partial charge in [-0.25, -0.2) is 4.98 Å². The van der Waals surface area contributed by atoms with Crippen LogP contribution in [-0.4, -0.2) is 10.9 Å². The molecule has 2 aromatic rings. The van der Waals surface area contributed by atoms with E-state index in [0.717, 1.165) is 4.88 Å². The number of nitrogens with one attached hydrogen (secondary N) is 1. The SMILES string of the molecule is O=C(NCc1cccs1)c1cccc(F)n1. The van der Waals surface area contributed by atoms with Crippen molar-refractivity contribution in [1.29, 1.82) is 0 Å². The second-order valence-corrected chi connectivity index (χ2v) is 4.14. The maximum absolute atomic E-state index is 12.8. The van der Waals surface area contributed by atoms with E-state index < -0.39 is 5.95 Å². The summed E-state index contributed by atoms with van der Waals surface area (Å²) in [5.74, 6) is -1.02. The van der Waals surface area contributed by atoms with E-state index in [0.29, 0.717) is 6.54 Å². The van der Waals surface area contributed by atoms with E-state index in [2.05, 4.69) is 10.3 Å². The number of rotatable bonds is 3. The van der Waals surface area contributed by atoms with Gasteiger partial charge in [0.25, 0.3) is 5.91 Å². The number of carbonyl (C=O) groups excluding carboxylic acids is 1. The van der Waals surface area contributed by atoms with Crippen molar-refractivity contribution in [2.24, 2.45) is 0 Å². The van der Waals surface area contributed by atoms with Crippen molar-refractivity contribution >= 4 is 17.2 Å². The van der Waals surface area contributed by atoms with E-state index in [1.165, 1.54) is 18.2 Å². The Morgan fingerprint density at radius 3 is 2.94 bits per heavy atom. The maximum Gasteiger partial charge on any atom is 0.270 e. The number of aromatic nitrogens is 1. The van der Waals surface area contributed by atoms with Crippen molar-refractivity contribution < 1.29 is 9.18 Å². The van der Waals surface area contributed by atoms with Crippen LogP contribution in [0.2, 0.25) is 0 Å². The largest absolute Gasteiger partial charge is 0.346 e. The molecule has 0 aromatic carbocycles. The lowest BCUT2D eigenvalue weighted by atomic mass is 10.3. The van der Waals surface area contributed by atoms with Gasteiger partial charge in [-0.3, -0.25) is 4.79 Å². The first-order valence-corrected chi connectivity index (χ1v) is 5.57. The van der Waals surface area contributed by atoms with E-state index >= 15 is 0 Å². The Balaban J connectivity index is 1.98. The molecule has 0 aliphatic rings. The highest BCUT2D eigenvalue weighted by molar-refractivity contribution is 7.09. The zero-order valence-corrected chi connectivity index (χ0v) is 9.13. The molecule has 1 amide bonds. The summed E-state index contributed by atoms with van der Waals surface area (Å²) in [6.07, 6.45) is 0. The lowest BCUT2D eigenvalue weighted by Gasteiger charge is -2.02. The lowest BCUT2D eigenvalue weighted by molar-refractivity contribution is 0.0945. The van der Waals surface area contributed by atoms with Crippen LogP contribution in [0.5, 0.6) is 0 Å². The third-order valence-corrected chi connectivity index (χ3v) is 2.83. The third kappa shape index (κ3) is 2.64. The average molecular weight is 236 g/mol. The molecule has 2 heterocycles. The van der Waals surface area contributed by atoms with E-state index in [4.69, 9.17) is 0 Å². The molecule has 0 atom stereocenters. The minimum atomic E-state index is -0.649. The molecule has 0 saturated carbocycles. The standard InChI is InChI=1S/C11H9FN2OS/c12-10-5-1-4-9(14-10)11(15)13-7-8-3-2-6-16-8/h1-6H,7H2,(H,13,15). The molecule has 0 aliphatic heterocycles. The van der Waals surface area contributed by atoms with Gasteiger partial charge in [0.1, 0.15) is 5.69 Å². The summed E-state index contributed by atoms with van der Waals surface area (Å²) in [7, 11) is 0.